The Balaban J connectivity index is 2.14. The number of anilines is 1. The van der Waals surface area contributed by atoms with Gasteiger partial charge in [0.05, 0.1) is 12.0 Å². The van der Waals surface area contributed by atoms with Gasteiger partial charge in [-0.05, 0) is 25.2 Å². The molecule has 1 aliphatic carbocycles. The summed E-state index contributed by atoms with van der Waals surface area (Å²) in [5.74, 6) is 0.302. The lowest BCUT2D eigenvalue weighted by atomic mass is 9.94. The van der Waals surface area contributed by atoms with Crippen LogP contribution in [0.25, 0.3) is 0 Å². The highest BCUT2D eigenvalue weighted by Crippen LogP contribution is 2.33. The van der Waals surface area contributed by atoms with Crippen LogP contribution >= 0.6 is 11.8 Å². The second kappa shape index (κ2) is 6.83. The summed E-state index contributed by atoms with van der Waals surface area (Å²) in [6.45, 7) is 0. The fourth-order valence-electron chi connectivity index (χ4n) is 2.68. The Morgan fingerprint density at radius 2 is 2.15 bits per heavy atom. The van der Waals surface area contributed by atoms with Gasteiger partial charge in [0, 0.05) is 29.1 Å². The number of ether oxygens (including phenoxy) is 1. The maximum absolute atomic E-state index is 10.9. The van der Waals surface area contributed by atoms with Crippen molar-refractivity contribution in [1.82, 2.24) is 0 Å². The molecule has 0 heterocycles. The molecule has 110 valence electrons. The highest BCUT2D eigenvalue weighted by Gasteiger charge is 2.24. The summed E-state index contributed by atoms with van der Waals surface area (Å²) >= 11 is 1.89. The molecule has 0 saturated heterocycles. The molecule has 0 spiro atoms. The maximum Gasteiger partial charge on any atom is 0.311 e. The van der Waals surface area contributed by atoms with Crippen molar-refractivity contribution in [3.05, 3.63) is 28.3 Å². The van der Waals surface area contributed by atoms with E-state index in [-0.39, 0.29) is 5.69 Å². The number of hydrogen-bond acceptors (Lipinski definition) is 5. The lowest BCUT2D eigenvalue weighted by Gasteiger charge is -2.31. The predicted octanol–water partition coefficient (Wildman–Crippen LogP) is 3.69. The Morgan fingerprint density at radius 1 is 1.40 bits per heavy atom. The number of methoxy groups -OCH3 is 1. The highest BCUT2D eigenvalue weighted by atomic mass is 32.2. The van der Waals surface area contributed by atoms with Gasteiger partial charge in [-0.3, -0.25) is 10.1 Å². The van der Waals surface area contributed by atoms with Crippen LogP contribution in [0.3, 0.4) is 0 Å². The summed E-state index contributed by atoms with van der Waals surface area (Å²) < 4.78 is 5.10. The van der Waals surface area contributed by atoms with Crippen LogP contribution in [0.1, 0.15) is 25.7 Å². The largest absolute Gasteiger partial charge is 0.490 e. The number of hydrogen-bond donors (Lipinski definition) is 1. The molecular weight excluding hydrogens is 276 g/mol. The molecule has 0 aromatic heterocycles. The number of nitro groups is 1. The molecule has 0 radical (unpaired) electrons. The van der Waals surface area contributed by atoms with Crippen molar-refractivity contribution in [2.75, 3.05) is 18.7 Å². The third kappa shape index (κ3) is 3.36. The molecule has 1 N–H and O–H groups in total. The quantitative estimate of drug-likeness (QED) is 0.663. The predicted molar refractivity (Wildman–Crippen MR) is 82.8 cm³/mol. The first kappa shape index (κ1) is 15.0. The van der Waals surface area contributed by atoms with E-state index in [1.807, 2.05) is 11.8 Å². The van der Waals surface area contributed by atoms with Gasteiger partial charge in [0.15, 0.2) is 5.75 Å². The van der Waals surface area contributed by atoms with Crippen molar-refractivity contribution in [2.24, 2.45) is 0 Å². The minimum absolute atomic E-state index is 0.00288. The van der Waals surface area contributed by atoms with E-state index in [9.17, 15) is 10.1 Å². The Morgan fingerprint density at radius 3 is 2.80 bits per heavy atom. The molecule has 20 heavy (non-hydrogen) atoms. The zero-order chi connectivity index (χ0) is 14.5. The molecule has 2 unspecified atom stereocenters. The first-order valence-corrected chi connectivity index (χ1v) is 8.06. The summed E-state index contributed by atoms with van der Waals surface area (Å²) in [4.78, 5) is 10.5. The van der Waals surface area contributed by atoms with Gasteiger partial charge >= 0.3 is 5.69 Å². The van der Waals surface area contributed by atoms with Crippen molar-refractivity contribution in [2.45, 2.75) is 37.0 Å². The summed E-state index contributed by atoms with van der Waals surface area (Å²) in [7, 11) is 1.46. The van der Waals surface area contributed by atoms with Gasteiger partial charge in [0.1, 0.15) is 0 Å². The van der Waals surface area contributed by atoms with E-state index in [1.54, 1.807) is 12.1 Å². The van der Waals surface area contributed by atoms with Crippen molar-refractivity contribution in [1.29, 1.82) is 0 Å². The highest BCUT2D eigenvalue weighted by molar-refractivity contribution is 7.99. The fraction of sp³-hybridized carbons (Fsp3) is 0.571. The number of rotatable bonds is 5. The third-order valence-corrected chi connectivity index (χ3v) is 4.90. The molecular formula is C14H20N2O3S. The lowest BCUT2D eigenvalue weighted by molar-refractivity contribution is -0.385. The Hall–Kier alpha value is -1.43. The van der Waals surface area contributed by atoms with Crippen LogP contribution in [0.2, 0.25) is 0 Å². The van der Waals surface area contributed by atoms with Crippen LogP contribution in [0, 0.1) is 10.1 Å². The fourth-order valence-corrected chi connectivity index (χ4v) is 3.61. The topological polar surface area (TPSA) is 64.4 Å². The number of benzene rings is 1. The van der Waals surface area contributed by atoms with Crippen molar-refractivity contribution in [3.63, 3.8) is 0 Å². The van der Waals surface area contributed by atoms with E-state index in [2.05, 4.69) is 11.6 Å². The monoisotopic (exact) mass is 296 g/mol. The van der Waals surface area contributed by atoms with Gasteiger partial charge in [-0.2, -0.15) is 11.8 Å². The molecule has 0 bridgehead atoms. The van der Waals surface area contributed by atoms with Gasteiger partial charge in [0.2, 0.25) is 0 Å². The molecule has 1 fully saturated rings. The summed E-state index contributed by atoms with van der Waals surface area (Å²) in [5, 5.41) is 15.0. The van der Waals surface area contributed by atoms with Gasteiger partial charge in [0.25, 0.3) is 0 Å². The van der Waals surface area contributed by atoms with Crippen LogP contribution in [-0.4, -0.2) is 29.6 Å². The van der Waals surface area contributed by atoms with Crippen LogP contribution in [0.15, 0.2) is 18.2 Å². The lowest BCUT2D eigenvalue weighted by Crippen LogP contribution is -2.34. The van der Waals surface area contributed by atoms with E-state index in [0.717, 1.165) is 12.1 Å². The first-order chi connectivity index (χ1) is 9.65. The zero-order valence-electron chi connectivity index (χ0n) is 11.8. The van der Waals surface area contributed by atoms with Crippen molar-refractivity contribution in [3.8, 4) is 5.75 Å². The maximum atomic E-state index is 10.9. The molecule has 2 atom stereocenters. The van der Waals surface area contributed by atoms with Crippen LogP contribution in [-0.2, 0) is 0 Å². The average molecular weight is 296 g/mol. The first-order valence-electron chi connectivity index (χ1n) is 6.77. The van der Waals surface area contributed by atoms with Gasteiger partial charge < -0.3 is 10.1 Å². The molecule has 1 saturated carbocycles. The SMILES string of the molecule is COc1cc(NC2CCCCC2SC)ccc1[N+](=O)[O-]. The van der Waals surface area contributed by atoms with Gasteiger partial charge in [-0.15, -0.1) is 0 Å². The number of nitrogens with zero attached hydrogens (tertiary/aromatic N) is 1. The molecule has 6 heteroatoms. The number of nitrogens with one attached hydrogen (secondary N) is 1. The van der Waals surface area contributed by atoms with E-state index in [1.165, 1.54) is 32.4 Å². The van der Waals surface area contributed by atoms with E-state index in [4.69, 9.17) is 4.74 Å². The molecule has 1 aromatic carbocycles. The van der Waals surface area contributed by atoms with Gasteiger partial charge in [-0.25, -0.2) is 0 Å². The summed E-state index contributed by atoms with van der Waals surface area (Å²) in [5.41, 5.74) is 0.890. The summed E-state index contributed by atoms with van der Waals surface area (Å²) in [6.07, 6.45) is 7.03. The Bertz CT molecular complexity index is 481. The van der Waals surface area contributed by atoms with Crippen LogP contribution in [0.5, 0.6) is 5.75 Å². The average Bonchev–Trinajstić information content (AvgIpc) is 2.47. The van der Waals surface area contributed by atoms with Crippen molar-refractivity contribution < 1.29 is 9.66 Å². The minimum Gasteiger partial charge on any atom is -0.490 e. The zero-order valence-corrected chi connectivity index (χ0v) is 12.6. The molecule has 1 aliphatic rings. The Labute approximate surface area is 123 Å². The van der Waals surface area contributed by atoms with E-state index < -0.39 is 4.92 Å². The van der Waals surface area contributed by atoms with Crippen LogP contribution < -0.4 is 10.1 Å². The normalized spacial score (nSPS) is 22.3. The van der Waals surface area contributed by atoms with E-state index >= 15 is 0 Å². The van der Waals surface area contributed by atoms with Crippen LogP contribution in [0.4, 0.5) is 11.4 Å². The van der Waals surface area contributed by atoms with Crippen molar-refractivity contribution >= 4 is 23.1 Å². The molecule has 0 aliphatic heterocycles. The molecule has 2 rings (SSSR count). The Kier molecular flexibility index (Phi) is 5.11. The molecule has 0 amide bonds. The second-order valence-electron chi connectivity index (χ2n) is 4.95. The summed E-state index contributed by atoms with van der Waals surface area (Å²) in [6, 6.07) is 5.39. The minimum atomic E-state index is -0.423. The second-order valence-corrected chi connectivity index (χ2v) is 6.03. The molecule has 1 aromatic rings. The number of thioether (sulfide) groups is 1. The third-order valence-electron chi connectivity index (χ3n) is 3.73. The standard InChI is InChI=1S/C14H20N2O3S/c1-19-13-9-10(7-8-12(13)16(17)18)15-11-5-3-4-6-14(11)20-2/h7-9,11,14-15H,3-6H2,1-2H3. The molecule has 5 nitrogen and oxygen atoms in total. The van der Waals surface area contributed by atoms with Gasteiger partial charge in [-0.1, -0.05) is 12.8 Å². The van der Waals surface area contributed by atoms with E-state index in [0.29, 0.717) is 17.0 Å². The smallest absolute Gasteiger partial charge is 0.311 e. The number of nitro benzene ring substituents is 1.